The van der Waals surface area contributed by atoms with E-state index in [1.54, 1.807) is 19.1 Å². The highest BCUT2D eigenvalue weighted by Crippen LogP contribution is 2.31. The van der Waals surface area contributed by atoms with Crippen LogP contribution < -0.4 is 0 Å². The van der Waals surface area contributed by atoms with Crippen molar-refractivity contribution >= 4 is 9.84 Å². The quantitative estimate of drug-likeness (QED) is 0.897. The summed E-state index contributed by atoms with van der Waals surface area (Å²) in [7, 11) is -3.27. The summed E-state index contributed by atoms with van der Waals surface area (Å²) in [6.45, 7) is 1.63. The van der Waals surface area contributed by atoms with E-state index in [2.05, 4.69) is 0 Å². The van der Waals surface area contributed by atoms with Crippen molar-refractivity contribution in [3.8, 4) is 0 Å². The number of aryl methyl sites for hydroxylation is 1. The van der Waals surface area contributed by atoms with E-state index in [9.17, 15) is 17.9 Å². The maximum absolute atomic E-state index is 13.4. The molecule has 1 fully saturated rings. The monoisotopic (exact) mass is 272 g/mol. The number of halogens is 1. The highest BCUT2D eigenvalue weighted by molar-refractivity contribution is 7.92. The summed E-state index contributed by atoms with van der Waals surface area (Å²) < 4.78 is 37.2. The summed E-state index contributed by atoms with van der Waals surface area (Å²) in [4.78, 5) is 0. The summed E-state index contributed by atoms with van der Waals surface area (Å²) in [6, 6.07) is 4.38. The first-order valence-electron chi connectivity index (χ1n) is 6.07. The Hall–Kier alpha value is -0.940. The summed E-state index contributed by atoms with van der Waals surface area (Å²) in [6.07, 6.45) is 0.743. The largest absolute Gasteiger partial charge is 0.387 e. The molecule has 1 aliphatic heterocycles. The molecule has 2 unspecified atom stereocenters. The minimum absolute atomic E-state index is 0.114. The van der Waals surface area contributed by atoms with Crippen molar-refractivity contribution in [3.63, 3.8) is 0 Å². The third kappa shape index (κ3) is 2.57. The van der Waals surface area contributed by atoms with Crippen molar-refractivity contribution in [1.82, 2.24) is 0 Å². The van der Waals surface area contributed by atoms with Gasteiger partial charge in [0, 0.05) is 0 Å². The van der Waals surface area contributed by atoms with Gasteiger partial charge in [-0.25, -0.2) is 12.8 Å². The van der Waals surface area contributed by atoms with E-state index in [0.29, 0.717) is 24.0 Å². The first-order chi connectivity index (χ1) is 8.42. The van der Waals surface area contributed by atoms with Crippen LogP contribution in [0.1, 0.15) is 36.5 Å². The average Bonchev–Trinajstić information content (AvgIpc) is 2.31. The molecule has 0 bridgehead atoms. The van der Waals surface area contributed by atoms with Crippen molar-refractivity contribution in [2.45, 2.75) is 37.5 Å². The van der Waals surface area contributed by atoms with Crippen LogP contribution in [-0.4, -0.2) is 24.5 Å². The molecule has 0 aliphatic carbocycles. The Bertz CT molecular complexity index is 539. The Morgan fingerprint density at radius 3 is 2.72 bits per heavy atom. The van der Waals surface area contributed by atoms with Crippen molar-refractivity contribution in [2.75, 3.05) is 5.75 Å². The SMILES string of the molecule is Cc1ccc(C(O)C2CCCCS2(=O)=O)cc1F. The molecule has 1 aliphatic rings. The van der Waals surface area contributed by atoms with Gasteiger partial charge in [-0.05, 0) is 37.0 Å². The normalized spacial score (nSPS) is 24.7. The summed E-state index contributed by atoms with van der Waals surface area (Å²) in [5, 5.41) is 9.35. The van der Waals surface area contributed by atoms with Crippen LogP contribution in [0.2, 0.25) is 0 Å². The Balaban J connectivity index is 2.30. The predicted octanol–water partition coefficient (Wildman–Crippen LogP) is 2.13. The van der Waals surface area contributed by atoms with Gasteiger partial charge in [0.05, 0.1) is 17.1 Å². The second kappa shape index (κ2) is 4.97. The Kier molecular flexibility index (Phi) is 3.73. The Labute approximate surface area is 107 Å². The van der Waals surface area contributed by atoms with Gasteiger partial charge in [-0.2, -0.15) is 0 Å². The molecule has 1 aromatic rings. The van der Waals surface area contributed by atoms with Gasteiger partial charge in [0.15, 0.2) is 9.84 Å². The Morgan fingerprint density at radius 2 is 2.11 bits per heavy atom. The number of hydrogen-bond acceptors (Lipinski definition) is 3. The zero-order valence-corrected chi connectivity index (χ0v) is 11.1. The molecule has 0 spiro atoms. The fraction of sp³-hybridized carbons (Fsp3) is 0.538. The first kappa shape index (κ1) is 13.5. The summed E-state index contributed by atoms with van der Waals surface area (Å²) >= 11 is 0. The molecule has 0 radical (unpaired) electrons. The van der Waals surface area contributed by atoms with Gasteiger partial charge in [-0.15, -0.1) is 0 Å². The number of aliphatic hydroxyl groups excluding tert-OH is 1. The fourth-order valence-corrected chi connectivity index (χ4v) is 4.33. The maximum Gasteiger partial charge on any atom is 0.156 e. The van der Waals surface area contributed by atoms with Crippen LogP contribution in [0.4, 0.5) is 4.39 Å². The molecular weight excluding hydrogens is 255 g/mol. The standard InChI is InChI=1S/C13H17FO3S/c1-9-5-6-10(8-11(9)14)13(15)12-4-2-3-7-18(12,16)17/h5-6,8,12-13,15H,2-4,7H2,1H3. The van der Waals surface area contributed by atoms with Gasteiger partial charge in [0.2, 0.25) is 0 Å². The highest BCUT2D eigenvalue weighted by Gasteiger charge is 2.35. The van der Waals surface area contributed by atoms with Crippen LogP contribution in [0.15, 0.2) is 18.2 Å². The zero-order chi connectivity index (χ0) is 13.3. The topological polar surface area (TPSA) is 54.4 Å². The minimum Gasteiger partial charge on any atom is -0.387 e. The molecule has 1 N–H and O–H groups in total. The van der Waals surface area contributed by atoms with E-state index in [-0.39, 0.29) is 5.75 Å². The van der Waals surface area contributed by atoms with Crippen LogP contribution in [0, 0.1) is 12.7 Å². The van der Waals surface area contributed by atoms with E-state index in [4.69, 9.17) is 0 Å². The summed E-state index contributed by atoms with van der Waals surface area (Å²) in [5.41, 5.74) is 0.825. The molecule has 0 amide bonds. The third-order valence-corrected chi connectivity index (χ3v) is 5.79. The molecule has 1 heterocycles. The van der Waals surface area contributed by atoms with Crippen molar-refractivity contribution in [2.24, 2.45) is 0 Å². The first-order valence-corrected chi connectivity index (χ1v) is 7.79. The lowest BCUT2D eigenvalue weighted by Gasteiger charge is -2.27. The van der Waals surface area contributed by atoms with Gasteiger partial charge >= 0.3 is 0 Å². The van der Waals surface area contributed by atoms with Gasteiger partial charge in [-0.1, -0.05) is 18.6 Å². The summed E-state index contributed by atoms with van der Waals surface area (Å²) in [5.74, 6) is -0.303. The molecule has 2 atom stereocenters. The molecule has 2 rings (SSSR count). The molecule has 1 saturated heterocycles. The van der Waals surface area contributed by atoms with Crippen molar-refractivity contribution < 1.29 is 17.9 Å². The molecule has 1 aromatic carbocycles. The zero-order valence-electron chi connectivity index (χ0n) is 10.3. The van der Waals surface area contributed by atoms with Crippen LogP contribution in [-0.2, 0) is 9.84 Å². The molecule has 5 heteroatoms. The van der Waals surface area contributed by atoms with Crippen LogP contribution in [0.3, 0.4) is 0 Å². The van der Waals surface area contributed by atoms with Gasteiger partial charge in [0.1, 0.15) is 5.82 Å². The van der Waals surface area contributed by atoms with Gasteiger partial charge < -0.3 is 5.11 Å². The fourth-order valence-electron chi connectivity index (χ4n) is 2.34. The maximum atomic E-state index is 13.4. The molecule has 0 aromatic heterocycles. The van der Waals surface area contributed by atoms with Crippen molar-refractivity contribution in [1.29, 1.82) is 0 Å². The number of benzene rings is 1. The highest BCUT2D eigenvalue weighted by atomic mass is 32.2. The number of hydrogen-bond donors (Lipinski definition) is 1. The van der Waals surface area contributed by atoms with E-state index in [1.165, 1.54) is 6.07 Å². The lowest BCUT2D eigenvalue weighted by Crippen LogP contribution is -2.33. The Morgan fingerprint density at radius 1 is 1.39 bits per heavy atom. The van der Waals surface area contributed by atoms with E-state index < -0.39 is 27.0 Å². The van der Waals surface area contributed by atoms with Crippen LogP contribution in [0.25, 0.3) is 0 Å². The molecule has 18 heavy (non-hydrogen) atoms. The predicted molar refractivity (Wildman–Crippen MR) is 67.5 cm³/mol. The molecule has 3 nitrogen and oxygen atoms in total. The second-order valence-electron chi connectivity index (χ2n) is 4.85. The van der Waals surface area contributed by atoms with Gasteiger partial charge in [-0.3, -0.25) is 0 Å². The third-order valence-electron chi connectivity index (χ3n) is 3.52. The average molecular weight is 272 g/mol. The number of sulfone groups is 1. The smallest absolute Gasteiger partial charge is 0.156 e. The molecule has 100 valence electrons. The second-order valence-corrected chi connectivity index (χ2v) is 7.19. The van der Waals surface area contributed by atoms with Crippen LogP contribution >= 0.6 is 0 Å². The van der Waals surface area contributed by atoms with Crippen molar-refractivity contribution in [3.05, 3.63) is 35.1 Å². The number of rotatable bonds is 2. The van der Waals surface area contributed by atoms with Crippen LogP contribution in [0.5, 0.6) is 0 Å². The minimum atomic E-state index is -3.27. The van der Waals surface area contributed by atoms with Gasteiger partial charge in [0.25, 0.3) is 0 Å². The van der Waals surface area contributed by atoms with E-state index in [1.807, 2.05) is 0 Å². The molecular formula is C13H17FO3S. The number of aliphatic hydroxyl groups is 1. The van der Waals surface area contributed by atoms with E-state index >= 15 is 0 Å². The lowest BCUT2D eigenvalue weighted by atomic mass is 10.0. The van der Waals surface area contributed by atoms with E-state index in [0.717, 1.165) is 6.42 Å². The lowest BCUT2D eigenvalue weighted by molar-refractivity contribution is 0.164. The molecule has 0 saturated carbocycles.